The van der Waals surface area contributed by atoms with Gasteiger partial charge in [0.15, 0.2) is 0 Å². The van der Waals surface area contributed by atoms with Crippen molar-refractivity contribution in [3.63, 3.8) is 0 Å². The highest BCUT2D eigenvalue weighted by molar-refractivity contribution is 9.10. The van der Waals surface area contributed by atoms with Crippen LogP contribution in [0, 0.1) is 0 Å². The van der Waals surface area contributed by atoms with Gasteiger partial charge in [-0.2, -0.15) is 0 Å². The Bertz CT molecular complexity index is 496. The third kappa shape index (κ3) is 5.61. The number of ether oxygens (including phenoxy) is 2. The molecule has 1 aromatic carbocycles. The fraction of sp³-hybridized carbons (Fsp3) is 0.429. The van der Waals surface area contributed by atoms with Crippen LogP contribution in [0.5, 0.6) is 5.75 Å². The van der Waals surface area contributed by atoms with Crippen molar-refractivity contribution in [1.29, 1.82) is 0 Å². The van der Waals surface area contributed by atoms with Gasteiger partial charge in [-0.1, -0.05) is 12.1 Å². The standard InChI is InChI=1S/C14H18BrNO4/c1-9(16-13(18)20-14(2,3)4)12(17)19-11-8-6-5-7-10(11)15/h5-9H,1-4H3,(H,16,18)/t9-/m0/s1. The van der Waals surface area contributed by atoms with E-state index in [4.69, 9.17) is 9.47 Å². The molecular weight excluding hydrogens is 326 g/mol. The van der Waals surface area contributed by atoms with Crippen LogP contribution in [0.25, 0.3) is 0 Å². The Balaban J connectivity index is 2.56. The average Bonchev–Trinajstić information content (AvgIpc) is 2.29. The van der Waals surface area contributed by atoms with Gasteiger partial charge in [0.25, 0.3) is 0 Å². The summed E-state index contributed by atoms with van der Waals surface area (Å²) in [5.74, 6) is -0.168. The highest BCUT2D eigenvalue weighted by Gasteiger charge is 2.22. The lowest BCUT2D eigenvalue weighted by Crippen LogP contribution is -2.43. The number of esters is 1. The zero-order valence-corrected chi connectivity index (χ0v) is 13.5. The summed E-state index contributed by atoms with van der Waals surface area (Å²) in [6, 6.07) is 6.16. The van der Waals surface area contributed by atoms with E-state index in [1.54, 1.807) is 39.0 Å². The number of benzene rings is 1. The summed E-state index contributed by atoms with van der Waals surface area (Å²) in [5.41, 5.74) is -0.615. The molecule has 0 saturated heterocycles. The molecule has 1 atom stereocenters. The first kappa shape index (κ1) is 16.5. The quantitative estimate of drug-likeness (QED) is 0.675. The van der Waals surface area contributed by atoms with E-state index < -0.39 is 23.7 Å². The molecule has 5 nitrogen and oxygen atoms in total. The number of alkyl carbamates (subject to hydrolysis) is 1. The van der Waals surface area contributed by atoms with Crippen LogP contribution in [0.15, 0.2) is 28.7 Å². The Labute approximate surface area is 126 Å². The van der Waals surface area contributed by atoms with Crippen LogP contribution < -0.4 is 10.1 Å². The summed E-state index contributed by atoms with van der Waals surface area (Å²) in [5, 5.41) is 2.42. The third-order valence-electron chi connectivity index (χ3n) is 2.13. The van der Waals surface area contributed by atoms with E-state index in [1.807, 2.05) is 6.07 Å². The summed E-state index contributed by atoms with van der Waals surface area (Å²) >= 11 is 3.28. The molecule has 1 amide bonds. The van der Waals surface area contributed by atoms with Crippen LogP contribution in [0.1, 0.15) is 27.7 Å². The van der Waals surface area contributed by atoms with Crippen LogP contribution in [-0.4, -0.2) is 23.7 Å². The SMILES string of the molecule is C[C@H](NC(=O)OC(C)(C)C)C(=O)Oc1ccccc1Br. The van der Waals surface area contributed by atoms with E-state index in [1.165, 1.54) is 6.92 Å². The number of carbonyl (C=O) groups excluding carboxylic acids is 2. The first-order valence-corrected chi connectivity index (χ1v) is 6.94. The molecule has 20 heavy (non-hydrogen) atoms. The second-order valence-corrected chi connectivity index (χ2v) is 6.07. The molecule has 1 N–H and O–H groups in total. The Morgan fingerprint density at radius 1 is 1.25 bits per heavy atom. The molecule has 110 valence electrons. The van der Waals surface area contributed by atoms with Gasteiger partial charge in [-0.25, -0.2) is 9.59 Å². The molecule has 0 aromatic heterocycles. The monoisotopic (exact) mass is 343 g/mol. The highest BCUT2D eigenvalue weighted by atomic mass is 79.9. The van der Waals surface area contributed by atoms with Gasteiger partial charge in [0, 0.05) is 0 Å². The van der Waals surface area contributed by atoms with E-state index in [-0.39, 0.29) is 0 Å². The summed E-state index contributed by atoms with van der Waals surface area (Å²) in [4.78, 5) is 23.4. The van der Waals surface area contributed by atoms with Gasteiger partial charge in [-0.15, -0.1) is 0 Å². The lowest BCUT2D eigenvalue weighted by atomic mass is 10.2. The van der Waals surface area contributed by atoms with E-state index in [0.29, 0.717) is 10.2 Å². The average molecular weight is 344 g/mol. The summed E-state index contributed by atoms with van der Waals surface area (Å²) in [7, 11) is 0. The Kier molecular flexibility index (Phi) is 5.56. The van der Waals surface area contributed by atoms with Crippen LogP contribution in [0.2, 0.25) is 0 Å². The molecule has 0 bridgehead atoms. The summed E-state index contributed by atoms with van der Waals surface area (Å²) in [6.07, 6.45) is -0.658. The van der Waals surface area contributed by atoms with Crippen LogP contribution in [-0.2, 0) is 9.53 Å². The fourth-order valence-corrected chi connectivity index (χ4v) is 1.63. The van der Waals surface area contributed by atoms with Crippen molar-refractivity contribution >= 4 is 28.0 Å². The van der Waals surface area contributed by atoms with Crippen LogP contribution in [0.3, 0.4) is 0 Å². The molecule has 1 aromatic rings. The Hall–Kier alpha value is -1.56. The van der Waals surface area contributed by atoms with Crippen LogP contribution in [0.4, 0.5) is 4.79 Å². The number of rotatable bonds is 3. The van der Waals surface area contributed by atoms with E-state index in [2.05, 4.69) is 21.2 Å². The first-order valence-electron chi connectivity index (χ1n) is 6.15. The van der Waals surface area contributed by atoms with Crippen molar-refractivity contribution in [3.05, 3.63) is 28.7 Å². The van der Waals surface area contributed by atoms with E-state index in [0.717, 1.165) is 0 Å². The highest BCUT2D eigenvalue weighted by Crippen LogP contribution is 2.24. The maximum Gasteiger partial charge on any atom is 0.408 e. The smallest absolute Gasteiger partial charge is 0.408 e. The van der Waals surface area contributed by atoms with Crippen molar-refractivity contribution < 1.29 is 19.1 Å². The van der Waals surface area contributed by atoms with Gasteiger partial charge in [-0.3, -0.25) is 0 Å². The second-order valence-electron chi connectivity index (χ2n) is 5.22. The molecule has 0 aliphatic carbocycles. The normalized spacial score (nSPS) is 12.4. The zero-order valence-electron chi connectivity index (χ0n) is 11.9. The number of hydrogen-bond acceptors (Lipinski definition) is 4. The molecule has 0 saturated carbocycles. The fourth-order valence-electron chi connectivity index (χ4n) is 1.27. The molecule has 0 heterocycles. The van der Waals surface area contributed by atoms with Crippen molar-refractivity contribution in [2.45, 2.75) is 39.3 Å². The van der Waals surface area contributed by atoms with Crippen molar-refractivity contribution in [3.8, 4) is 5.75 Å². The molecule has 0 radical (unpaired) electrons. The van der Waals surface area contributed by atoms with Crippen molar-refractivity contribution in [1.82, 2.24) is 5.32 Å². The maximum atomic E-state index is 11.9. The minimum atomic E-state index is -0.808. The summed E-state index contributed by atoms with van der Waals surface area (Å²) in [6.45, 7) is 6.77. The van der Waals surface area contributed by atoms with Crippen LogP contribution >= 0.6 is 15.9 Å². The topological polar surface area (TPSA) is 64.6 Å². The number of halogens is 1. The Morgan fingerprint density at radius 2 is 1.85 bits per heavy atom. The van der Waals surface area contributed by atoms with Gasteiger partial charge >= 0.3 is 12.1 Å². The lowest BCUT2D eigenvalue weighted by Gasteiger charge is -2.21. The number of nitrogens with one attached hydrogen (secondary N) is 1. The summed E-state index contributed by atoms with van der Waals surface area (Å²) < 4.78 is 10.9. The molecule has 0 spiro atoms. The predicted molar refractivity (Wildman–Crippen MR) is 78.6 cm³/mol. The van der Waals surface area contributed by atoms with Gasteiger partial charge in [0.05, 0.1) is 4.47 Å². The first-order chi connectivity index (χ1) is 9.19. The molecule has 1 rings (SSSR count). The number of hydrogen-bond donors (Lipinski definition) is 1. The number of para-hydroxylation sites is 1. The van der Waals surface area contributed by atoms with Gasteiger partial charge in [0.1, 0.15) is 17.4 Å². The van der Waals surface area contributed by atoms with Crippen molar-refractivity contribution in [2.75, 3.05) is 0 Å². The molecular formula is C14H18BrNO4. The molecule has 0 aliphatic rings. The number of amides is 1. The van der Waals surface area contributed by atoms with Gasteiger partial charge in [0.2, 0.25) is 0 Å². The second kappa shape index (κ2) is 6.74. The molecule has 6 heteroatoms. The largest absolute Gasteiger partial charge is 0.444 e. The Morgan fingerprint density at radius 3 is 2.40 bits per heavy atom. The lowest BCUT2D eigenvalue weighted by molar-refractivity contribution is -0.136. The zero-order chi connectivity index (χ0) is 15.3. The van der Waals surface area contributed by atoms with Gasteiger partial charge in [-0.05, 0) is 55.8 Å². The number of carbonyl (C=O) groups is 2. The van der Waals surface area contributed by atoms with E-state index >= 15 is 0 Å². The minimum Gasteiger partial charge on any atom is -0.444 e. The van der Waals surface area contributed by atoms with Gasteiger partial charge < -0.3 is 14.8 Å². The van der Waals surface area contributed by atoms with Crippen molar-refractivity contribution in [2.24, 2.45) is 0 Å². The van der Waals surface area contributed by atoms with E-state index in [9.17, 15) is 9.59 Å². The minimum absolute atomic E-state index is 0.398. The molecule has 0 unspecified atom stereocenters. The third-order valence-corrected chi connectivity index (χ3v) is 2.79. The predicted octanol–water partition coefficient (Wildman–Crippen LogP) is 3.27. The maximum absolute atomic E-state index is 11.9. The molecule has 0 aliphatic heterocycles. The molecule has 0 fully saturated rings.